The van der Waals surface area contributed by atoms with Crippen LogP contribution < -0.4 is 0 Å². The number of rotatable bonds is 7. The molecule has 0 unspecified atom stereocenters. The van der Waals surface area contributed by atoms with Crippen molar-refractivity contribution in [2.75, 3.05) is 5.75 Å². The molecule has 0 saturated carbocycles. The number of thioether (sulfide) groups is 1. The molecule has 0 fully saturated rings. The van der Waals surface area contributed by atoms with E-state index in [4.69, 9.17) is 11.6 Å². The van der Waals surface area contributed by atoms with Crippen LogP contribution in [0.2, 0.25) is 5.02 Å². The fraction of sp³-hybridized carbons (Fsp3) is 0.211. The first kappa shape index (κ1) is 18.5. The Morgan fingerprint density at radius 3 is 2.77 bits per heavy atom. The number of carbonyl (C=O) groups excluding carboxylic acids is 1. The van der Waals surface area contributed by atoms with Crippen molar-refractivity contribution in [3.05, 3.63) is 65.0 Å². The molecule has 0 aliphatic carbocycles. The van der Waals surface area contributed by atoms with Crippen LogP contribution in [0.1, 0.15) is 21.7 Å². The van der Waals surface area contributed by atoms with Crippen LogP contribution in [-0.4, -0.2) is 31.3 Å². The Kier molecular flexibility index (Phi) is 5.64. The number of H-pyrrole nitrogens is 1. The minimum atomic E-state index is 0.0660. The van der Waals surface area contributed by atoms with E-state index in [-0.39, 0.29) is 11.5 Å². The average molecular weight is 387 g/mol. The first-order valence-corrected chi connectivity index (χ1v) is 9.48. The van der Waals surface area contributed by atoms with Crippen LogP contribution in [0.15, 0.2) is 48.1 Å². The predicted octanol–water partition coefficient (Wildman–Crippen LogP) is 4.70. The van der Waals surface area contributed by atoms with Gasteiger partial charge in [-0.25, -0.2) is 4.98 Å². The normalized spacial score (nSPS) is 10.9. The second-order valence-corrected chi connectivity index (χ2v) is 7.25. The molecule has 3 rings (SSSR count). The maximum Gasteiger partial charge on any atom is 0.209 e. The van der Waals surface area contributed by atoms with E-state index in [1.54, 1.807) is 12.1 Å². The summed E-state index contributed by atoms with van der Waals surface area (Å²) in [5, 5.41) is 8.29. The molecule has 1 N–H and O–H groups in total. The monoisotopic (exact) mass is 386 g/mol. The van der Waals surface area contributed by atoms with Crippen LogP contribution in [0, 0.1) is 13.8 Å². The lowest BCUT2D eigenvalue weighted by Gasteiger charge is -2.05. The molecule has 3 aromatic rings. The van der Waals surface area contributed by atoms with Crippen LogP contribution >= 0.6 is 23.4 Å². The summed E-state index contributed by atoms with van der Waals surface area (Å²) in [4.78, 5) is 17.0. The van der Waals surface area contributed by atoms with Crippen LogP contribution in [0.25, 0.3) is 11.4 Å². The predicted molar refractivity (Wildman–Crippen MR) is 106 cm³/mol. The maximum absolute atomic E-state index is 12.6. The molecule has 0 aliphatic heterocycles. The second-order valence-electron chi connectivity index (χ2n) is 5.87. The quantitative estimate of drug-likeness (QED) is 0.363. The summed E-state index contributed by atoms with van der Waals surface area (Å²) >= 11 is 7.22. The van der Waals surface area contributed by atoms with Crippen molar-refractivity contribution in [1.29, 1.82) is 0 Å². The smallest absolute Gasteiger partial charge is 0.209 e. The van der Waals surface area contributed by atoms with Gasteiger partial charge in [0.15, 0.2) is 11.6 Å². The molecule has 134 valence electrons. The van der Waals surface area contributed by atoms with E-state index in [0.717, 1.165) is 22.5 Å². The fourth-order valence-electron chi connectivity index (χ4n) is 2.75. The van der Waals surface area contributed by atoms with Crippen molar-refractivity contribution in [2.45, 2.75) is 25.5 Å². The molecule has 0 spiro atoms. The van der Waals surface area contributed by atoms with Gasteiger partial charge in [-0.05, 0) is 44.2 Å². The standard InChI is InChI=1S/C19H19ClN4OS/c1-4-9-24-12(2)10-16(13(24)3)17(25)11-26-19-21-18(22-23-19)14-5-7-15(20)8-6-14/h4-8,10H,1,9,11H2,2-3H3,(H,21,22,23). The highest BCUT2D eigenvalue weighted by Gasteiger charge is 2.16. The molecule has 0 saturated heterocycles. The van der Waals surface area contributed by atoms with Crippen molar-refractivity contribution in [2.24, 2.45) is 0 Å². The van der Waals surface area contributed by atoms with E-state index < -0.39 is 0 Å². The zero-order valence-electron chi connectivity index (χ0n) is 14.6. The molecule has 1 aromatic carbocycles. The molecule has 0 bridgehead atoms. The van der Waals surface area contributed by atoms with Crippen molar-refractivity contribution >= 4 is 29.1 Å². The lowest BCUT2D eigenvalue weighted by Crippen LogP contribution is -2.06. The Bertz CT molecular complexity index is 943. The number of Topliss-reactive ketones (excluding diaryl/α,β-unsaturated/α-hetero) is 1. The van der Waals surface area contributed by atoms with Gasteiger partial charge in [0.05, 0.1) is 5.75 Å². The highest BCUT2D eigenvalue weighted by molar-refractivity contribution is 7.99. The van der Waals surface area contributed by atoms with Gasteiger partial charge in [-0.3, -0.25) is 9.89 Å². The summed E-state index contributed by atoms with van der Waals surface area (Å²) in [6, 6.07) is 9.27. The summed E-state index contributed by atoms with van der Waals surface area (Å²) in [5.74, 6) is 1.01. The number of nitrogens with one attached hydrogen (secondary N) is 1. The van der Waals surface area contributed by atoms with E-state index >= 15 is 0 Å². The number of hydrogen-bond donors (Lipinski definition) is 1. The molecule has 7 heteroatoms. The summed E-state index contributed by atoms with van der Waals surface area (Å²) in [5.41, 5.74) is 3.65. The van der Waals surface area contributed by atoms with Gasteiger partial charge in [-0.2, -0.15) is 0 Å². The third kappa shape index (κ3) is 3.92. The largest absolute Gasteiger partial charge is 0.345 e. The topological polar surface area (TPSA) is 63.6 Å². The Balaban J connectivity index is 1.68. The highest BCUT2D eigenvalue weighted by atomic mass is 35.5. The molecule has 0 radical (unpaired) electrons. The Labute approximate surface area is 161 Å². The maximum atomic E-state index is 12.6. The van der Waals surface area contributed by atoms with Gasteiger partial charge in [-0.1, -0.05) is 29.4 Å². The molecule has 0 aliphatic rings. The molecule has 0 atom stereocenters. The van der Waals surface area contributed by atoms with Crippen LogP contribution in [-0.2, 0) is 6.54 Å². The molecular weight excluding hydrogens is 368 g/mol. The van der Waals surface area contributed by atoms with Crippen molar-refractivity contribution < 1.29 is 4.79 Å². The van der Waals surface area contributed by atoms with Gasteiger partial charge in [0.2, 0.25) is 5.16 Å². The Morgan fingerprint density at radius 2 is 2.08 bits per heavy atom. The number of ketones is 1. The summed E-state index contributed by atoms with van der Waals surface area (Å²) < 4.78 is 2.08. The van der Waals surface area contributed by atoms with Crippen LogP contribution in [0.4, 0.5) is 0 Å². The molecule has 26 heavy (non-hydrogen) atoms. The molecule has 2 aromatic heterocycles. The minimum absolute atomic E-state index is 0.0660. The van der Waals surface area contributed by atoms with Crippen molar-refractivity contribution in [3.8, 4) is 11.4 Å². The number of benzene rings is 1. The van der Waals surface area contributed by atoms with Gasteiger partial charge in [-0.15, -0.1) is 11.7 Å². The number of allylic oxidation sites excluding steroid dienone is 1. The zero-order valence-corrected chi connectivity index (χ0v) is 16.2. The highest BCUT2D eigenvalue weighted by Crippen LogP contribution is 2.23. The summed E-state index contributed by atoms with van der Waals surface area (Å²) in [7, 11) is 0. The SMILES string of the molecule is C=CCn1c(C)cc(C(=O)CSc2n[nH]c(-c3ccc(Cl)cc3)n2)c1C. The number of carbonyl (C=O) groups is 1. The molecular formula is C19H19ClN4OS. The number of aromatic nitrogens is 4. The summed E-state index contributed by atoms with van der Waals surface area (Å²) in [6.45, 7) is 8.41. The van der Waals surface area contributed by atoms with Crippen molar-refractivity contribution in [3.63, 3.8) is 0 Å². The minimum Gasteiger partial charge on any atom is -0.345 e. The van der Waals surface area contributed by atoms with Crippen LogP contribution in [0.3, 0.4) is 0 Å². The Hall–Kier alpha value is -2.31. The van der Waals surface area contributed by atoms with E-state index in [1.807, 2.05) is 38.1 Å². The lowest BCUT2D eigenvalue weighted by molar-refractivity contribution is 0.102. The van der Waals surface area contributed by atoms with Gasteiger partial charge in [0.25, 0.3) is 0 Å². The third-order valence-corrected chi connectivity index (χ3v) is 5.20. The van der Waals surface area contributed by atoms with E-state index in [2.05, 4.69) is 26.3 Å². The average Bonchev–Trinajstić information content (AvgIpc) is 3.21. The van der Waals surface area contributed by atoms with Gasteiger partial charge >= 0.3 is 0 Å². The fourth-order valence-corrected chi connectivity index (χ4v) is 3.56. The third-order valence-electron chi connectivity index (χ3n) is 4.10. The first-order chi connectivity index (χ1) is 12.5. The molecule has 0 amide bonds. The number of aryl methyl sites for hydroxylation is 1. The van der Waals surface area contributed by atoms with Crippen LogP contribution in [0.5, 0.6) is 0 Å². The molecule has 2 heterocycles. The zero-order chi connectivity index (χ0) is 18.7. The van der Waals surface area contributed by atoms with Gasteiger partial charge in [0.1, 0.15) is 0 Å². The number of hydrogen-bond acceptors (Lipinski definition) is 4. The Morgan fingerprint density at radius 1 is 1.35 bits per heavy atom. The second kappa shape index (κ2) is 7.93. The summed E-state index contributed by atoms with van der Waals surface area (Å²) in [6.07, 6.45) is 1.83. The van der Waals surface area contributed by atoms with Crippen molar-refractivity contribution in [1.82, 2.24) is 19.7 Å². The number of halogens is 1. The lowest BCUT2D eigenvalue weighted by atomic mass is 10.2. The molecule has 5 nitrogen and oxygen atoms in total. The van der Waals surface area contributed by atoms with Gasteiger partial charge in [0, 0.05) is 34.1 Å². The van der Waals surface area contributed by atoms with Gasteiger partial charge < -0.3 is 4.57 Å². The van der Waals surface area contributed by atoms with E-state index in [9.17, 15) is 4.79 Å². The van der Waals surface area contributed by atoms with E-state index in [1.165, 1.54) is 11.8 Å². The first-order valence-electron chi connectivity index (χ1n) is 8.11. The van der Waals surface area contributed by atoms with E-state index in [0.29, 0.717) is 22.5 Å². The number of aromatic amines is 1. The number of nitrogens with zero attached hydrogens (tertiary/aromatic N) is 3.